The molecule has 2 N–H and O–H groups in total. The van der Waals surface area contributed by atoms with Crippen LogP contribution < -0.4 is 16.4 Å². The van der Waals surface area contributed by atoms with Gasteiger partial charge in [-0.3, -0.25) is 0 Å². The van der Waals surface area contributed by atoms with Crippen molar-refractivity contribution in [1.29, 1.82) is 0 Å². The van der Waals surface area contributed by atoms with Gasteiger partial charge in [0.2, 0.25) is 6.71 Å². The van der Waals surface area contributed by atoms with E-state index in [0.29, 0.717) is 12.2 Å². The Balaban J connectivity index is 2.10. The summed E-state index contributed by atoms with van der Waals surface area (Å²) in [5, 5.41) is 19.2. The Bertz CT molecular complexity index is 584. The monoisotopic (exact) mass is 264 g/mol. The smallest absolute Gasteiger partial charge is 0.423 e. The summed E-state index contributed by atoms with van der Waals surface area (Å²) in [6, 6.07) is 16.4. The molecule has 0 saturated carbocycles. The van der Waals surface area contributed by atoms with Crippen LogP contribution in [0.4, 0.5) is 0 Å². The second kappa shape index (κ2) is 5.86. The van der Waals surface area contributed by atoms with Crippen molar-refractivity contribution in [2.45, 2.75) is 25.6 Å². The molecule has 2 aromatic carbocycles. The molecule has 20 heavy (non-hydrogen) atoms. The number of hydrogen-bond donors (Lipinski definition) is 2. The van der Waals surface area contributed by atoms with Gasteiger partial charge in [-0.15, -0.1) is 0 Å². The van der Waals surface area contributed by atoms with Crippen LogP contribution in [-0.2, 0) is 6.42 Å². The van der Waals surface area contributed by atoms with Crippen molar-refractivity contribution in [2.75, 3.05) is 0 Å². The van der Waals surface area contributed by atoms with Crippen molar-refractivity contribution < 1.29 is 10.0 Å². The van der Waals surface area contributed by atoms with Crippen LogP contribution in [-0.4, -0.2) is 23.9 Å². The predicted molar refractivity (Wildman–Crippen MR) is 85.5 cm³/mol. The maximum absolute atomic E-state index is 9.58. The highest BCUT2D eigenvalue weighted by molar-refractivity contribution is 6.86. The van der Waals surface area contributed by atoms with Gasteiger partial charge in [-0.25, -0.2) is 0 Å². The molecule has 0 amide bonds. The Kier molecular flexibility index (Phi) is 3.95. The third-order valence-corrected chi connectivity index (χ3v) is 4.27. The minimum atomic E-state index is -1.38. The standard InChI is InChI=1S/C16H18B2O2/c19-18(20)16-11-6-10-15-14(16)9-4-5-12-17(15)13-7-2-1-3-8-13/h1-3,6-8,10-11,19-20H,4-5,9,12H2. The van der Waals surface area contributed by atoms with Crippen molar-refractivity contribution in [3.63, 3.8) is 0 Å². The molecule has 0 aromatic heterocycles. The van der Waals surface area contributed by atoms with Crippen LogP contribution in [0, 0.1) is 0 Å². The van der Waals surface area contributed by atoms with E-state index in [9.17, 15) is 10.0 Å². The Morgan fingerprint density at radius 2 is 1.70 bits per heavy atom. The van der Waals surface area contributed by atoms with Crippen molar-refractivity contribution >= 4 is 30.2 Å². The lowest BCUT2D eigenvalue weighted by Crippen LogP contribution is -2.47. The number of rotatable bonds is 2. The second-order valence-corrected chi connectivity index (χ2v) is 5.50. The summed E-state index contributed by atoms with van der Waals surface area (Å²) in [6.45, 7) is 0.368. The zero-order valence-electron chi connectivity index (χ0n) is 11.5. The summed E-state index contributed by atoms with van der Waals surface area (Å²) >= 11 is 0. The highest BCUT2D eigenvalue weighted by Crippen LogP contribution is 2.14. The highest BCUT2D eigenvalue weighted by Gasteiger charge is 2.27. The minimum absolute atomic E-state index is 0.368. The molecule has 0 spiro atoms. The lowest BCUT2D eigenvalue weighted by atomic mass is 9.37. The zero-order chi connectivity index (χ0) is 13.9. The molecule has 1 aliphatic rings. The second-order valence-electron chi connectivity index (χ2n) is 5.50. The van der Waals surface area contributed by atoms with E-state index in [2.05, 4.69) is 30.3 Å². The average Bonchev–Trinajstić information content (AvgIpc) is 2.70. The summed E-state index contributed by atoms with van der Waals surface area (Å²) in [7, 11) is -1.38. The number of benzene rings is 2. The summed E-state index contributed by atoms with van der Waals surface area (Å²) in [5.41, 5.74) is 4.39. The summed E-state index contributed by atoms with van der Waals surface area (Å²) < 4.78 is 0. The normalized spacial score (nSPS) is 14.6. The van der Waals surface area contributed by atoms with Crippen LogP contribution in [0.15, 0.2) is 48.5 Å². The fraction of sp³-hybridized carbons (Fsp3) is 0.250. The van der Waals surface area contributed by atoms with Crippen molar-refractivity contribution in [3.05, 3.63) is 54.1 Å². The van der Waals surface area contributed by atoms with Crippen molar-refractivity contribution in [1.82, 2.24) is 0 Å². The van der Waals surface area contributed by atoms with Crippen LogP contribution in [0.25, 0.3) is 0 Å². The SMILES string of the molecule is OB(O)c1cccc2c1CCCCB2c1ccccc1. The molecule has 1 heterocycles. The van der Waals surface area contributed by atoms with Gasteiger partial charge in [0.1, 0.15) is 0 Å². The van der Waals surface area contributed by atoms with E-state index in [1.165, 1.54) is 17.3 Å². The largest absolute Gasteiger partial charge is 0.488 e. The summed E-state index contributed by atoms with van der Waals surface area (Å²) in [4.78, 5) is 0. The number of fused-ring (bicyclic) bond motifs is 1. The van der Waals surface area contributed by atoms with Gasteiger partial charge < -0.3 is 10.0 Å². The first-order chi connectivity index (χ1) is 9.77. The van der Waals surface area contributed by atoms with Crippen molar-refractivity contribution in [3.8, 4) is 0 Å². The molecule has 0 unspecified atom stereocenters. The molecule has 3 rings (SSSR count). The zero-order valence-corrected chi connectivity index (χ0v) is 11.5. The van der Waals surface area contributed by atoms with Crippen LogP contribution in [0.5, 0.6) is 0 Å². The van der Waals surface area contributed by atoms with Gasteiger partial charge in [0, 0.05) is 0 Å². The van der Waals surface area contributed by atoms with Crippen molar-refractivity contribution in [2.24, 2.45) is 0 Å². The van der Waals surface area contributed by atoms with Crippen LogP contribution in [0.3, 0.4) is 0 Å². The first-order valence-corrected chi connectivity index (χ1v) is 7.30. The Hall–Kier alpha value is -1.51. The predicted octanol–water partition coefficient (Wildman–Crippen LogP) is 0.312. The molecule has 100 valence electrons. The van der Waals surface area contributed by atoms with E-state index in [-0.39, 0.29) is 0 Å². The van der Waals surface area contributed by atoms with Gasteiger partial charge >= 0.3 is 7.12 Å². The molecule has 0 radical (unpaired) electrons. The van der Waals surface area contributed by atoms with Crippen LogP contribution in [0.1, 0.15) is 18.4 Å². The lowest BCUT2D eigenvalue weighted by Gasteiger charge is -2.17. The molecule has 0 bridgehead atoms. The Labute approximate surface area is 120 Å². The quantitative estimate of drug-likeness (QED) is 0.766. The minimum Gasteiger partial charge on any atom is -0.423 e. The molecule has 0 fully saturated rings. The third kappa shape index (κ3) is 2.54. The molecule has 2 nitrogen and oxygen atoms in total. The van der Waals surface area contributed by atoms with E-state index < -0.39 is 7.12 Å². The summed E-state index contributed by atoms with van der Waals surface area (Å²) in [5.74, 6) is 0. The van der Waals surface area contributed by atoms with E-state index in [1.54, 1.807) is 0 Å². The topological polar surface area (TPSA) is 40.5 Å². The van der Waals surface area contributed by atoms with Crippen LogP contribution in [0.2, 0.25) is 6.32 Å². The molecule has 0 saturated heterocycles. The first kappa shape index (κ1) is 13.5. The van der Waals surface area contributed by atoms with E-state index in [4.69, 9.17) is 0 Å². The summed E-state index contributed by atoms with van der Waals surface area (Å²) in [6.07, 6.45) is 4.35. The first-order valence-electron chi connectivity index (χ1n) is 7.30. The molecule has 2 aromatic rings. The number of hydrogen-bond acceptors (Lipinski definition) is 2. The molecule has 1 aliphatic heterocycles. The average molecular weight is 264 g/mol. The van der Waals surface area contributed by atoms with Gasteiger partial charge in [-0.05, 0) is 18.3 Å². The van der Waals surface area contributed by atoms with E-state index in [0.717, 1.165) is 24.7 Å². The fourth-order valence-electron chi connectivity index (χ4n) is 3.32. The van der Waals surface area contributed by atoms with Gasteiger partial charge in [0.15, 0.2) is 0 Å². The lowest BCUT2D eigenvalue weighted by molar-refractivity contribution is 0.425. The Morgan fingerprint density at radius 3 is 2.45 bits per heavy atom. The van der Waals surface area contributed by atoms with E-state index in [1.807, 2.05) is 18.2 Å². The van der Waals surface area contributed by atoms with Gasteiger partial charge in [-0.1, -0.05) is 77.8 Å². The molecular weight excluding hydrogens is 246 g/mol. The molecule has 4 heteroatoms. The maximum atomic E-state index is 9.58. The van der Waals surface area contributed by atoms with Gasteiger partial charge in [0.25, 0.3) is 0 Å². The van der Waals surface area contributed by atoms with Gasteiger partial charge in [0.05, 0.1) is 0 Å². The molecule has 0 aliphatic carbocycles. The van der Waals surface area contributed by atoms with E-state index >= 15 is 0 Å². The highest BCUT2D eigenvalue weighted by atomic mass is 16.4. The Morgan fingerprint density at radius 1 is 0.900 bits per heavy atom. The third-order valence-electron chi connectivity index (χ3n) is 4.27. The van der Waals surface area contributed by atoms with Gasteiger partial charge in [-0.2, -0.15) is 0 Å². The van der Waals surface area contributed by atoms with Crippen LogP contribution >= 0.6 is 0 Å². The molecular formula is C16H18B2O2. The molecule has 0 atom stereocenters. The maximum Gasteiger partial charge on any atom is 0.488 e. The fourth-order valence-corrected chi connectivity index (χ4v) is 3.32.